The van der Waals surface area contributed by atoms with Gasteiger partial charge in [-0.25, -0.2) is 0 Å². The molecular formula is C23H16Cl2N4O2S. The summed E-state index contributed by atoms with van der Waals surface area (Å²) < 4.78 is 6.06. The second-order valence-corrected chi connectivity index (χ2v) is 9.05. The number of aryl methyl sites for hydroxylation is 1. The molecule has 32 heavy (non-hydrogen) atoms. The molecule has 9 heteroatoms. The second kappa shape index (κ2) is 8.09. The number of nitrogens with one attached hydrogen (secondary N) is 1. The Morgan fingerprint density at radius 2 is 1.75 bits per heavy atom. The molecular weight excluding hydrogens is 467 g/mol. The molecule has 5 rings (SSSR count). The molecule has 0 aliphatic heterocycles. The lowest BCUT2D eigenvalue weighted by Gasteiger charge is -2.07. The van der Waals surface area contributed by atoms with E-state index < -0.39 is 0 Å². The fraction of sp³-hybridized carbons (Fsp3) is 0.0870. The molecule has 0 radical (unpaired) electrons. The predicted molar refractivity (Wildman–Crippen MR) is 130 cm³/mol. The third kappa shape index (κ3) is 3.68. The first-order valence-electron chi connectivity index (χ1n) is 9.64. The van der Waals surface area contributed by atoms with Crippen LogP contribution in [-0.4, -0.2) is 28.0 Å². The minimum Gasteiger partial charge on any atom is -0.497 e. The number of ether oxygens (including phenoxy) is 1. The van der Waals surface area contributed by atoms with Gasteiger partial charge >= 0.3 is 0 Å². The van der Waals surface area contributed by atoms with Crippen molar-refractivity contribution in [3.63, 3.8) is 0 Å². The smallest absolute Gasteiger partial charge is 0.267 e. The van der Waals surface area contributed by atoms with Crippen molar-refractivity contribution in [2.24, 2.45) is 0 Å². The van der Waals surface area contributed by atoms with Crippen LogP contribution >= 0.6 is 34.5 Å². The number of halogens is 2. The van der Waals surface area contributed by atoms with E-state index in [4.69, 9.17) is 27.9 Å². The van der Waals surface area contributed by atoms with Gasteiger partial charge in [0.1, 0.15) is 21.7 Å². The van der Waals surface area contributed by atoms with Gasteiger partial charge in [-0.1, -0.05) is 29.3 Å². The lowest BCUT2D eigenvalue weighted by atomic mass is 10.1. The van der Waals surface area contributed by atoms with Crippen LogP contribution in [-0.2, 0) is 0 Å². The zero-order valence-electron chi connectivity index (χ0n) is 17.0. The molecule has 3 aromatic carbocycles. The highest BCUT2D eigenvalue weighted by Crippen LogP contribution is 2.37. The van der Waals surface area contributed by atoms with Crippen molar-refractivity contribution in [2.75, 3.05) is 12.4 Å². The van der Waals surface area contributed by atoms with Gasteiger partial charge in [-0.3, -0.25) is 4.79 Å². The Hall–Kier alpha value is -3.13. The maximum Gasteiger partial charge on any atom is 0.267 e. The molecule has 0 aliphatic rings. The second-order valence-electron chi connectivity index (χ2n) is 7.18. The first-order chi connectivity index (χ1) is 15.4. The van der Waals surface area contributed by atoms with Gasteiger partial charge in [0.05, 0.1) is 17.8 Å². The molecule has 0 aliphatic carbocycles. The zero-order chi connectivity index (χ0) is 22.4. The van der Waals surface area contributed by atoms with Crippen LogP contribution in [0, 0.1) is 6.92 Å². The third-order valence-corrected chi connectivity index (χ3v) is 6.97. The molecule has 0 saturated carbocycles. The topological polar surface area (TPSA) is 69.0 Å². The van der Waals surface area contributed by atoms with Crippen molar-refractivity contribution < 1.29 is 9.53 Å². The number of amides is 1. The number of aromatic nitrogens is 3. The summed E-state index contributed by atoms with van der Waals surface area (Å²) in [6, 6.07) is 16.5. The monoisotopic (exact) mass is 482 g/mol. The van der Waals surface area contributed by atoms with Crippen LogP contribution in [0.15, 0.2) is 54.6 Å². The summed E-state index contributed by atoms with van der Waals surface area (Å²) in [5.41, 5.74) is 3.71. The molecule has 0 fully saturated rings. The van der Waals surface area contributed by atoms with Gasteiger partial charge in [0.2, 0.25) is 0 Å². The van der Waals surface area contributed by atoms with E-state index in [2.05, 4.69) is 15.5 Å². The SMILES string of the molecule is COc1ccc(-n2nc3cc(C)c(NC(=O)c4sc5cc(Cl)ccc5c4Cl)cc3n2)cc1. The quantitative estimate of drug-likeness (QED) is 0.316. The lowest BCUT2D eigenvalue weighted by Crippen LogP contribution is -2.11. The average molecular weight is 483 g/mol. The summed E-state index contributed by atoms with van der Waals surface area (Å²) >= 11 is 13.8. The number of hydrogen-bond acceptors (Lipinski definition) is 5. The van der Waals surface area contributed by atoms with Crippen molar-refractivity contribution in [1.29, 1.82) is 0 Å². The highest BCUT2D eigenvalue weighted by molar-refractivity contribution is 7.21. The number of fused-ring (bicyclic) bond motifs is 2. The van der Waals surface area contributed by atoms with Gasteiger partial charge < -0.3 is 10.1 Å². The number of carbonyl (C=O) groups excluding carboxylic acids is 1. The highest BCUT2D eigenvalue weighted by atomic mass is 35.5. The number of carbonyl (C=O) groups is 1. The lowest BCUT2D eigenvalue weighted by molar-refractivity contribution is 0.103. The average Bonchev–Trinajstić information content (AvgIpc) is 3.34. The van der Waals surface area contributed by atoms with E-state index in [1.165, 1.54) is 11.3 Å². The van der Waals surface area contributed by atoms with Gasteiger partial charge in [-0.2, -0.15) is 4.80 Å². The van der Waals surface area contributed by atoms with Gasteiger partial charge in [0.25, 0.3) is 5.91 Å². The molecule has 0 bridgehead atoms. The Morgan fingerprint density at radius 1 is 1.03 bits per heavy atom. The molecule has 2 heterocycles. The first kappa shape index (κ1) is 20.8. The molecule has 0 unspecified atom stereocenters. The van der Waals surface area contributed by atoms with E-state index in [9.17, 15) is 4.79 Å². The first-order valence-corrected chi connectivity index (χ1v) is 11.2. The van der Waals surface area contributed by atoms with Crippen LogP contribution in [0.1, 0.15) is 15.2 Å². The van der Waals surface area contributed by atoms with Crippen molar-refractivity contribution in [2.45, 2.75) is 6.92 Å². The zero-order valence-corrected chi connectivity index (χ0v) is 19.3. The predicted octanol–water partition coefficient (Wildman–Crippen LogP) is 6.51. The standard InChI is InChI=1S/C23H16Cl2N4O2S/c1-12-9-18-19(28-29(27-18)14-4-6-15(31-2)7-5-14)11-17(12)26-23(30)22-21(25)16-8-3-13(24)10-20(16)32-22/h3-11H,1-2H3,(H,26,30). The van der Waals surface area contributed by atoms with Gasteiger partial charge in [-0.15, -0.1) is 21.5 Å². The molecule has 1 amide bonds. The molecule has 6 nitrogen and oxygen atoms in total. The Balaban J connectivity index is 1.47. The number of hydrogen-bond donors (Lipinski definition) is 1. The summed E-state index contributed by atoms with van der Waals surface area (Å²) in [7, 11) is 1.62. The van der Waals surface area contributed by atoms with E-state index in [1.54, 1.807) is 24.0 Å². The summed E-state index contributed by atoms with van der Waals surface area (Å²) in [5.74, 6) is 0.478. The Morgan fingerprint density at radius 3 is 2.47 bits per heavy atom. The summed E-state index contributed by atoms with van der Waals surface area (Å²) in [6.45, 7) is 1.91. The Labute approximate surface area is 197 Å². The summed E-state index contributed by atoms with van der Waals surface area (Å²) in [5, 5.41) is 13.9. The van der Waals surface area contributed by atoms with Crippen molar-refractivity contribution in [1.82, 2.24) is 15.0 Å². The number of benzene rings is 3. The maximum absolute atomic E-state index is 13.0. The molecule has 5 aromatic rings. The van der Waals surface area contributed by atoms with E-state index >= 15 is 0 Å². The number of anilines is 1. The summed E-state index contributed by atoms with van der Waals surface area (Å²) in [4.78, 5) is 15.0. The van der Waals surface area contributed by atoms with Crippen LogP contribution < -0.4 is 10.1 Å². The number of nitrogens with zero attached hydrogens (tertiary/aromatic N) is 3. The van der Waals surface area contributed by atoms with Crippen LogP contribution in [0.2, 0.25) is 10.0 Å². The van der Waals surface area contributed by atoms with Crippen LogP contribution in [0.4, 0.5) is 5.69 Å². The third-order valence-electron chi connectivity index (χ3n) is 5.08. The van der Waals surface area contributed by atoms with Crippen LogP contribution in [0.25, 0.3) is 26.8 Å². The molecule has 0 saturated heterocycles. The van der Waals surface area contributed by atoms with E-state index in [-0.39, 0.29) is 5.91 Å². The van der Waals surface area contributed by atoms with E-state index in [0.717, 1.165) is 32.6 Å². The van der Waals surface area contributed by atoms with Gasteiger partial charge in [0.15, 0.2) is 0 Å². The highest BCUT2D eigenvalue weighted by Gasteiger charge is 2.19. The van der Waals surface area contributed by atoms with E-state index in [0.29, 0.717) is 26.1 Å². The largest absolute Gasteiger partial charge is 0.497 e. The Kier molecular flexibility index (Phi) is 5.25. The van der Waals surface area contributed by atoms with Crippen LogP contribution in [0.5, 0.6) is 5.75 Å². The molecule has 1 N–H and O–H groups in total. The molecule has 2 aromatic heterocycles. The fourth-order valence-electron chi connectivity index (χ4n) is 3.40. The number of methoxy groups -OCH3 is 1. The normalized spacial score (nSPS) is 11.2. The maximum atomic E-state index is 13.0. The number of thiophene rings is 1. The molecule has 0 spiro atoms. The fourth-order valence-corrected chi connectivity index (χ4v) is 5.09. The molecule has 160 valence electrons. The Bertz CT molecular complexity index is 1490. The minimum atomic E-state index is -0.280. The van der Waals surface area contributed by atoms with E-state index in [1.807, 2.05) is 49.4 Å². The van der Waals surface area contributed by atoms with Gasteiger partial charge in [-0.05, 0) is 61.0 Å². The number of rotatable bonds is 4. The molecule has 0 atom stereocenters. The van der Waals surface area contributed by atoms with Gasteiger partial charge in [0, 0.05) is 20.8 Å². The van der Waals surface area contributed by atoms with Crippen molar-refractivity contribution >= 4 is 67.3 Å². The van der Waals surface area contributed by atoms with Crippen LogP contribution in [0.3, 0.4) is 0 Å². The van der Waals surface area contributed by atoms with Crippen molar-refractivity contribution in [3.8, 4) is 11.4 Å². The van der Waals surface area contributed by atoms with Crippen molar-refractivity contribution in [3.05, 3.63) is 75.1 Å². The summed E-state index contributed by atoms with van der Waals surface area (Å²) in [6.07, 6.45) is 0. The minimum absolute atomic E-state index is 0.280.